The van der Waals surface area contributed by atoms with Gasteiger partial charge in [0.25, 0.3) is 0 Å². The summed E-state index contributed by atoms with van der Waals surface area (Å²) in [5.41, 5.74) is -0.177. The first-order valence-electron chi connectivity index (χ1n) is 4.61. The van der Waals surface area contributed by atoms with E-state index < -0.39 is 10.9 Å². The zero-order valence-electron chi connectivity index (χ0n) is 8.87. The van der Waals surface area contributed by atoms with Crippen molar-refractivity contribution in [1.82, 2.24) is 0 Å². The smallest absolute Gasteiger partial charge is 0.348 e. The van der Waals surface area contributed by atoms with Crippen LogP contribution in [0.3, 0.4) is 0 Å². The Morgan fingerprint density at radius 1 is 1.71 bits per heavy atom. The largest absolute Gasteiger partial charge is 0.462 e. The van der Waals surface area contributed by atoms with E-state index >= 15 is 0 Å². The second-order valence-corrected chi connectivity index (χ2v) is 3.92. The van der Waals surface area contributed by atoms with Gasteiger partial charge in [-0.2, -0.15) is 5.26 Å². The van der Waals surface area contributed by atoms with Crippen molar-refractivity contribution in [2.45, 2.75) is 6.92 Å². The van der Waals surface area contributed by atoms with Crippen molar-refractivity contribution in [2.75, 3.05) is 6.61 Å². The Labute approximate surface area is 101 Å². The van der Waals surface area contributed by atoms with Crippen molar-refractivity contribution >= 4 is 28.4 Å². The third-order valence-corrected chi connectivity index (χ3v) is 2.68. The summed E-state index contributed by atoms with van der Waals surface area (Å²) in [6.45, 7) is 1.80. The molecule has 0 saturated carbocycles. The average molecular weight is 252 g/mol. The summed E-state index contributed by atoms with van der Waals surface area (Å²) >= 11 is 0.886. The molecule has 7 heteroatoms. The first-order valence-corrected chi connectivity index (χ1v) is 5.43. The molecule has 0 atom stereocenters. The Bertz CT molecular complexity index is 513. The predicted molar refractivity (Wildman–Crippen MR) is 61.2 cm³/mol. The van der Waals surface area contributed by atoms with E-state index in [1.807, 2.05) is 0 Å². The molecular weight excluding hydrogens is 244 g/mol. The van der Waals surface area contributed by atoms with Gasteiger partial charge in [0.05, 0.1) is 11.5 Å². The molecule has 0 aliphatic rings. The second kappa shape index (κ2) is 5.77. The van der Waals surface area contributed by atoms with Crippen LogP contribution < -0.4 is 0 Å². The van der Waals surface area contributed by atoms with Crippen LogP contribution in [0.25, 0.3) is 6.08 Å². The highest BCUT2D eigenvalue weighted by Crippen LogP contribution is 2.25. The van der Waals surface area contributed by atoms with Gasteiger partial charge in [-0.05, 0) is 19.1 Å². The predicted octanol–water partition coefficient (Wildman–Crippen LogP) is 2.13. The molecule has 0 fully saturated rings. The van der Waals surface area contributed by atoms with E-state index in [0.29, 0.717) is 4.88 Å². The van der Waals surface area contributed by atoms with E-state index in [-0.39, 0.29) is 17.2 Å². The van der Waals surface area contributed by atoms with E-state index in [0.717, 1.165) is 11.3 Å². The van der Waals surface area contributed by atoms with Crippen LogP contribution in [-0.4, -0.2) is 17.5 Å². The first-order chi connectivity index (χ1) is 8.08. The lowest BCUT2D eigenvalue weighted by molar-refractivity contribution is -0.380. The van der Waals surface area contributed by atoms with E-state index in [1.165, 1.54) is 18.2 Å². The van der Waals surface area contributed by atoms with Crippen LogP contribution in [0.15, 0.2) is 17.7 Å². The molecule has 0 amide bonds. The Morgan fingerprint density at radius 2 is 2.41 bits per heavy atom. The Kier molecular flexibility index (Phi) is 4.37. The number of nitriles is 1. The lowest BCUT2D eigenvalue weighted by Gasteiger charge is -1.97. The monoisotopic (exact) mass is 252 g/mol. The van der Waals surface area contributed by atoms with Gasteiger partial charge < -0.3 is 4.74 Å². The number of nitrogens with zero attached hydrogens (tertiary/aromatic N) is 2. The Balaban J connectivity index is 2.95. The molecule has 6 nitrogen and oxygen atoms in total. The molecule has 1 rings (SSSR count). The number of rotatable bonds is 4. The van der Waals surface area contributed by atoms with Crippen molar-refractivity contribution < 1.29 is 14.5 Å². The Morgan fingerprint density at radius 3 is 2.88 bits per heavy atom. The van der Waals surface area contributed by atoms with Gasteiger partial charge >= 0.3 is 11.0 Å². The van der Waals surface area contributed by atoms with Gasteiger partial charge in [-0.15, -0.1) is 0 Å². The number of ether oxygens (including phenoxy) is 1. The van der Waals surface area contributed by atoms with E-state index in [2.05, 4.69) is 4.74 Å². The maximum Gasteiger partial charge on any atom is 0.348 e. The highest BCUT2D eigenvalue weighted by molar-refractivity contribution is 7.16. The zero-order chi connectivity index (χ0) is 12.8. The molecule has 0 unspecified atom stereocenters. The number of nitro groups is 1. The number of thiophene rings is 1. The fourth-order valence-electron chi connectivity index (χ4n) is 1.01. The van der Waals surface area contributed by atoms with Crippen molar-refractivity contribution in [3.63, 3.8) is 0 Å². The fourth-order valence-corrected chi connectivity index (χ4v) is 1.77. The maximum absolute atomic E-state index is 11.3. The van der Waals surface area contributed by atoms with E-state index in [1.54, 1.807) is 13.0 Å². The van der Waals surface area contributed by atoms with Crippen molar-refractivity contribution in [1.29, 1.82) is 5.26 Å². The molecule has 0 aliphatic heterocycles. The van der Waals surface area contributed by atoms with Gasteiger partial charge in [-0.3, -0.25) is 10.1 Å². The summed E-state index contributed by atoms with van der Waals surface area (Å²) in [7, 11) is 0. The summed E-state index contributed by atoms with van der Waals surface area (Å²) in [6, 6.07) is 4.48. The topological polar surface area (TPSA) is 93.2 Å². The summed E-state index contributed by atoms with van der Waals surface area (Å²) in [5, 5.41) is 19.2. The number of hydrogen-bond donors (Lipinski definition) is 0. The summed E-state index contributed by atoms with van der Waals surface area (Å²) < 4.78 is 4.66. The van der Waals surface area contributed by atoms with Crippen LogP contribution in [0.4, 0.5) is 5.00 Å². The van der Waals surface area contributed by atoms with Crippen LogP contribution in [0.2, 0.25) is 0 Å². The Hall–Kier alpha value is -2.20. The van der Waals surface area contributed by atoms with Crippen molar-refractivity contribution in [2.24, 2.45) is 0 Å². The van der Waals surface area contributed by atoms with Crippen molar-refractivity contribution in [3.05, 3.63) is 32.7 Å². The van der Waals surface area contributed by atoms with Crippen LogP contribution in [0.5, 0.6) is 0 Å². The standard InChI is InChI=1S/C10H8N2O4S/c1-2-16-10(13)7(6-11)5-8-3-4-9(17-8)12(14)15/h3-5H,2H2,1H3/b7-5-. The van der Waals surface area contributed by atoms with Crippen LogP contribution >= 0.6 is 11.3 Å². The van der Waals surface area contributed by atoms with Gasteiger partial charge in [-0.25, -0.2) is 4.79 Å². The minimum atomic E-state index is -0.731. The number of esters is 1. The lowest BCUT2D eigenvalue weighted by Crippen LogP contribution is -2.05. The number of carbonyl (C=O) groups is 1. The third-order valence-electron chi connectivity index (χ3n) is 1.69. The second-order valence-electron chi connectivity index (χ2n) is 2.82. The van der Waals surface area contributed by atoms with E-state index in [9.17, 15) is 14.9 Å². The molecule has 0 saturated heterocycles. The molecule has 0 bridgehead atoms. The molecule has 1 aromatic heterocycles. The quantitative estimate of drug-likeness (QED) is 0.269. The molecule has 0 aliphatic carbocycles. The van der Waals surface area contributed by atoms with Gasteiger partial charge in [0.2, 0.25) is 0 Å². The first kappa shape index (κ1) is 12.9. The lowest BCUT2D eigenvalue weighted by atomic mass is 10.2. The maximum atomic E-state index is 11.3. The van der Waals surface area contributed by atoms with Crippen LogP contribution in [-0.2, 0) is 9.53 Å². The number of hydrogen-bond acceptors (Lipinski definition) is 6. The summed E-state index contributed by atoms with van der Waals surface area (Å²) in [6.07, 6.45) is 1.27. The van der Waals surface area contributed by atoms with Gasteiger partial charge in [0, 0.05) is 10.9 Å². The zero-order valence-corrected chi connectivity index (χ0v) is 9.69. The molecule has 17 heavy (non-hydrogen) atoms. The SMILES string of the molecule is CCOC(=O)/C(C#N)=C\c1ccc([N+](=O)[O-])s1. The van der Waals surface area contributed by atoms with Gasteiger partial charge in [0.15, 0.2) is 0 Å². The van der Waals surface area contributed by atoms with Crippen LogP contribution in [0.1, 0.15) is 11.8 Å². The van der Waals surface area contributed by atoms with Crippen molar-refractivity contribution in [3.8, 4) is 6.07 Å². The molecular formula is C10H8N2O4S. The third kappa shape index (κ3) is 3.39. The normalized spacial score (nSPS) is 10.7. The fraction of sp³-hybridized carbons (Fsp3) is 0.200. The molecule has 0 aromatic carbocycles. The molecule has 0 radical (unpaired) electrons. The molecule has 0 N–H and O–H groups in total. The number of carbonyl (C=O) groups excluding carboxylic acids is 1. The molecule has 1 heterocycles. The van der Waals surface area contributed by atoms with Gasteiger partial charge in [-0.1, -0.05) is 11.3 Å². The highest BCUT2D eigenvalue weighted by atomic mass is 32.1. The van der Waals surface area contributed by atoms with E-state index in [4.69, 9.17) is 5.26 Å². The van der Waals surface area contributed by atoms with Crippen LogP contribution in [0, 0.1) is 21.4 Å². The molecule has 88 valence electrons. The summed E-state index contributed by atoms with van der Waals surface area (Å²) in [4.78, 5) is 21.7. The van der Waals surface area contributed by atoms with Gasteiger partial charge in [0.1, 0.15) is 11.6 Å². The molecule has 0 spiro atoms. The summed E-state index contributed by atoms with van der Waals surface area (Å²) in [5.74, 6) is -0.731. The highest BCUT2D eigenvalue weighted by Gasteiger charge is 2.13. The average Bonchev–Trinajstić information content (AvgIpc) is 2.74. The minimum absolute atomic E-state index is 0.0441. The minimum Gasteiger partial charge on any atom is -0.462 e. The molecule has 1 aromatic rings.